The van der Waals surface area contributed by atoms with Crippen molar-refractivity contribution in [2.45, 2.75) is 38.2 Å². The number of anilines is 2. The van der Waals surface area contributed by atoms with E-state index in [-0.39, 0.29) is 31.5 Å². The number of carbonyl (C=O) groups excluding carboxylic acids is 1. The fourth-order valence-electron chi connectivity index (χ4n) is 3.63. The molecule has 3 rings (SSSR count). The molecule has 37 heavy (non-hydrogen) atoms. The maximum atomic E-state index is 13.1. The maximum absolute atomic E-state index is 13.1. The lowest BCUT2D eigenvalue weighted by atomic mass is 10.2. The Labute approximate surface area is 207 Å². The number of halogens is 6. The van der Waals surface area contributed by atoms with Crippen LogP contribution in [0.2, 0.25) is 0 Å². The van der Waals surface area contributed by atoms with E-state index in [1.54, 1.807) is 21.8 Å². The number of piperazine rings is 1. The Hall–Kier alpha value is -3.43. The van der Waals surface area contributed by atoms with Crippen molar-refractivity contribution in [1.82, 2.24) is 25.1 Å². The predicted octanol–water partition coefficient (Wildman–Crippen LogP) is 2.54. The molecule has 2 aromatic rings. The molecule has 1 unspecified atom stereocenters. The molecule has 1 amide bonds. The lowest BCUT2D eigenvalue weighted by Crippen LogP contribution is -2.49. The second-order valence-electron chi connectivity index (χ2n) is 8.35. The van der Waals surface area contributed by atoms with E-state index in [0.29, 0.717) is 32.6 Å². The average molecular weight is 537 g/mol. The van der Waals surface area contributed by atoms with E-state index in [0.717, 1.165) is 18.6 Å². The molecule has 1 saturated heterocycles. The number of ether oxygens (including phenoxy) is 1. The van der Waals surface area contributed by atoms with Gasteiger partial charge in [0.25, 0.3) is 5.56 Å². The highest BCUT2D eigenvalue weighted by atomic mass is 19.4. The second kappa shape index (κ2) is 11.7. The van der Waals surface area contributed by atoms with Crippen LogP contribution in [0.5, 0.6) is 0 Å². The van der Waals surface area contributed by atoms with Gasteiger partial charge in [-0.25, -0.2) is 15.1 Å². The average Bonchev–Trinajstić information content (AvgIpc) is 2.82. The molecular weight excluding hydrogens is 512 g/mol. The number of nitrogens with zero attached hydrogens (tertiary/aromatic N) is 5. The lowest BCUT2D eigenvalue weighted by molar-refractivity contribution is -0.139. The number of hydrogen-bond donors (Lipinski definition) is 2. The van der Waals surface area contributed by atoms with Gasteiger partial charge in [-0.2, -0.15) is 31.4 Å². The Bertz CT molecular complexity index is 1100. The van der Waals surface area contributed by atoms with Crippen molar-refractivity contribution in [2.75, 3.05) is 49.6 Å². The molecule has 0 bridgehead atoms. The van der Waals surface area contributed by atoms with E-state index in [2.05, 4.69) is 20.4 Å². The van der Waals surface area contributed by atoms with Gasteiger partial charge < -0.3 is 19.9 Å². The molecule has 1 aliphatic rings. The number of alkyl halides is 6. The van der Waals surface area contributed by atoms with Crippen LogP contribution in [0.4, 0.5) is 38.0 Å². The predicted molar refractivity (Wildman–Crippen MR) is 119 cm³/mol. The van der Waals surface area contributed by atoms with Gasteiger partial charge in [0.2, 0.25) is 11.9 Å². The Morgan fingerprint density at radius 2 is 1.73 bits per heavy atom. The summed E-state index contributed by atoms with van der Waals surface area (Å²) < 4.78 is 82.7. The van der Waals surface area contributed by atoms with Gasteiger partial charge in [-0.05, 0) is 13.3 Å². The van der Waals surface area contributed by atoms with E-state index < -0.39 is 40.8 Å². The van der Waals surface area contributed by atoms with Crippen LogP contribution in [0, 0.1) is 0 Å². The minimum absolute atomic E-state index is 0.0318. The largest absolute Gasteiger partial charge is 0.423 e. The van der Waals surface area contributed by atoms with Gasteiger partial charge in [-0.3, -0.25) is 9.59 Å². The van der Waals surface area contributed by atoms with Gasteiger partial charge in [0.15, 0.2) is 0 Å². The Kier molecular flexibility index (Phi) is 8.94. The third-order valence-electron chi connectivity index (χ3n) is 5.47. The summed E-state index contributed by atoms with van der Waals surface area (Å²) in [6.07, 6.45) is -6.47. The first-order chi connectivity index (χ1) is 17.4. The first kappa shape index (κ1) is 28.1. The molecule has 2 N–H and O–H groups in total. The summed E-state index contributed by atoms with van der Waals surface area (Å²) in [4.78, 5) is 34.8. The van der Waals surface area contributed by atoms with E-state index in [1.807, 2.05) is 0 Å². The highest BCUT2D eigenvalue weighted by molar-refractivity contribution is 5.76. The fraction of sp³-hybridized carbons (Fsp3) is 0.571. The maximum Gasteiger partial charge on any atom is 0.423 e. The zero-order valence-electron chi connectivity index (χ0n) is 19.7. The van der Waals surface area contributed by atoms with Crippen molar-refractivity contribution in [1.29, 1.82) is 0 Å². The number of aromatic amines is 1. The monoisotopic (exact) mass is 537 g/mol. The quantitative estimate of drug-likeness (QED) is 0.371. The molecule has 2 aromatic heterocycles. The normalized spacial score (nSPS) is 15.5. The zero-order chi connectivity index (χ0) is 27.2. The number of carbonyl (C=O) groups is 1. The summed E-state index contributed by atoms with van der Waals surface area (Å²) in [5, 5.41) is 7.71. The van der Waals surface area contributed by atoms with Crippen LogP contribution in [-0.2, 0) is 21.9 Å². The number of nitrogens with one attached hydrogen (secondary N) is 2. The molecule has 10 nitrogen and oxygen atoms in total. The molecule has 0 saturated carbocycles. The van der Waals surface area contributed by atoms with Gasteiger partial charge in [-0.1, -0.05) is 0 Å². The molecule has 0 spiro atoms. The topological polar surface area (TPSA) is 116 Å². The van der Waals surface area contributed by atoms with Crippen molar-refractivity contribution in [3.63, 3.8) is 0 Å². The lowest BCUT2D eigenvalue weighted by Gasteiger charge is -2.34. The molecule has 0 aromatic carbocycles. The fourth-order valence-corrected chi connectivity index (χ4v) is 3.63. The summed E-state index contributed by atoms with van der Waals surface area (Å²) in [6, 6.07) is -0.569. The van der Waals surface area contributed by atoms with Crippen LogP contribution in [0.15, 0.2) is 23.4 Å². The third-order valence-corrected chi connectivity index (χ3v) is 5.47. The smallest absolute Gasteiger partial charge is 0.379 e. The molecular formula is C21H25F6N7O3. The van der Waals surface area contributed by atoms with Crippen LogP contribution in [-0.4, -0.2) is 76.4 Å². The first-order valence-electron chi connectivity index (χ1n) is 11.3. The molecule has 1 aliphatic heterocycles. The van der Waals surface area contributed by atoms with Crippen molar-refractivity contribution in [3.05, 3.63) is 40.1 Å². The molecule has 1 atom stereocenters. The van der Waals surface area contributed by atoms with Crippen molar-refractivity contribution in [2.24, 2.45) is 0 Å². The third kappa shape index (κ3) is 7.77. The zero-order valence-corrected chi connectivity index (χ0v) is 19.7. The number of hydrogen-bond acceptors (Lipinski definition) is 8. The molecule has 0 radical (unpaired) electrons. The van der Waals surface area contributed by atoms with Crippen molar-refractivity contribution < 1.29 is 35.9 Å². The first-order valence-corrected chi connectivity index (χ1v) is 11.3. The number of rotatable bonds is 9. The second-order valence-corrected chi connectivity index (χ2v) is 8.35. The van der Waals surface area contributed by atoms with Gasteiger partial charge >= 0.3 is 12.4 Å². The van der Waals surface area contributed by atoms with Gasteiger partial charge in [0, 0.05) is 57.6 Å². The highest BCUT2D eigenvalue weighted by Gasteiger charge is 2.37. The van der Waals surface area contributed by atoms with Crippen LogP contribution in [0.1, 0.15) is 30.9 Å². The SMILES string of the molecule is CC(COCCCC(=O)N1CCN(c2ncc(C(F)(F)F)cn2)CC1)Nc1cn[nH]c(=O)c1C(F)(F)F. The number of aromatic nitrogens is 4. The van der Waals surface area contributed by atoms with Crippen LogP contribution < -0.4 is 15.8 Å². The minimum Gasteiger partial charge on any atom is -0.379 e. The van der Waals surface area contributed by atoms with Crippen LogP contribution in [0.3, 0.4) is 0 Å². The van der Waals surface area contributed by atoms with E-state index in [1.165, 1.54) is 0 Å². The van der Waals surface area contributed by atoms with Gasteiger partial charge in [-0.15, -0.1) is 0 Å². The molecule has 3 heterocycles. The Morgan fingerprint density at radius 3 is 2.32 bits per heavy atom. The molecule has 204 valence electrons. The van der Waals surface area contributed by atoms with Crippen LogP contribution >= 0.6 is 0 Å². The Morgan fingerprint density at radius 1 is 1.08 bits per heavy atom. The summed E-state index contributed by atoms with van der Waals surface area (Å²) in [6.45, 7) is 3.25. The highest BCUT2D eigenvalue weighted by Crippen LogP contribution is 2.31. The summed E-state index contributed by atoms with van der Waals surface area (Å²) in [5.74, 6) is 0.0432. The Balaban J connectivity index is 1.36. The van der Waals surface area contributed by atoms with E-state index in [4.69, 9.17) is 4.74 Å². The molecule has 1 fully saturated rings. The van der Waals surface area contributed by atoms with Gasteiger partial charge in [0.05, 0.1) is 24.1 Å². The number of H-pyrrole nitrogens is 1. The standard InChI is InChI=1S/C21H25F6N7O3/c1-13(31-15-11-30-32-18(36)17(15)21(25,26)27)12-37-8-2-3-16(35)33-4-6-34(7-5-33)19-28-9-14(10-29-19)20(22,23)24/h9-11,13H,2-8,12H2,1H3,(H2,31,32,36). The summed E-state index contributed by atoms with van der Waals surface area (Å²) >= 11 is 0. The summed E-state index contributed by atoms with van der Waals surface area (Å²) in [7, 11) is 0. The van der Waals surface area contributed by atoms with E-state index in [9.17, 15) is 35.9 Å². The number of amides is 1. The van der Waals surface area contributed by atoms with Crippen LogP contribution in [0.25, 0.3) is 0 Å². The minimum atomic E-state index is -4.85. The van der Waals surface area contributed by atoms with Gasteiger partial charge in [0.1, 0.15) is 5.56 Å². The summed E-state index contributed by atoms with van der Waals surface area (Å²) in [5.41, 5.74) is -4.11. The molecule has 16 heteroatoms. The van der Waals surface area contributed by atoms with Crippen molar-refractivity contribution in [3.8, 4) is 0 Å². The molecule has 0 aliphatic carbocycles. The van der Waals surface area contributed by atoms with E-state index >= 15 is 0 Å². The van der Waals surface area contributed by atoms with Crippen molar-refractivity contribution >= 4 is 17.5 Å².